The minimum atomic E-state index is 0.645. The summed E-state index contributed by atoms with van der Waals surface area (Å²) in [4.78, 5) is 18.9. The van der Waals surface area contributed by atoms with Crippen LogP contribution in [-0.4, -0.2) is 41.1 Å². The lowest BCUT2D eigenvalue weighted by Crippen LogP contribution is -2.18. The standard InChI is InChI=1S/C10H12N4O.C9H12N4/c1-8-3-2-4-10(12-8)14-6-5-9(13-14)11-7-15;1-7-3-2-4-9(11-7)13-6-5-8(10)12-13/h2-4,7H,5-6H2,1H3,(H,11,13,15);2-4H,5-6H2,1H3,(H2,10,12). The van der Waals surface area contributed by atoms with E-state index in [1.165, 1.54) is 0 Å². The molecule has 2 aliphatic heterocycles. The summed E-state index contributed by atoms with van der Waals surface area (Å²) >= 11 is 0. The number of hydrogen-bond acceptors (Lipinski definition) is 8. The highest BCUT2D eigenvalue weighted by Gasteiger charge is 2.16. The lowest BCUT2D eigenvalue weighted by Gasteiger charge is -2.11. The van der Waals surface area contributed by atoms with Crippen LogP contribution in [0.1, 0.15) is 24.2 Å². The van der Waals surface area contributed by atoms with E-state index < -0.39 is 0 Å². The molecule has 0 saturated carbocycles. The Morgan fingerprint density at radius 3 is 2.00 bits per heavy atom. The topological polar surface area (TPSA) is 112 Å². The fourth-order valence-corrected chi connectivity index (χ4v) is 2.78. The van der Waals surface area contributed by atoms with Crippen molar-refractivity contribution in [2.45, 2.75) is 26.7 Å². The van der Waals surface area contributed by atoms with Crippen molar-refractivity contribution in [1.29, 1.82) is 0 Å². The number of carbonyl (C=O) groups is 1. The zero-order valence-electron chi connectivity index (χ0n) is 16.0. The second kappa shape index (κ2) is 8.94. The maximum Gasteiger partial charge on any atom is 0.212 e. The fourth-order valence-electron chi connectivity index (χ4n) is 2.78. The molecule has 2 aliphatic rings. The Kier molecular flexibility index (Phi) is 6.15. The summed E-state index contributed by atoms with van der Waals surface area (Å²) < 4.78 is 0. The van der Waals surface area contributed by atoms with E-state index in [2.05, 4.69) is 25.5 Å². The van der Waals surface area contributed by atoms with Crippen LogP contribution in [0, 0.1) is 13.8 Å². The van der Waals surface area contributed by atoms with Gasteiger partial charge in [0, 0.05) is 24.2 Å². The number of nitrogens with two attached hydrogens (primary N) is 1. The Balaban J connectivity index is 0.000000162. The summed E-state index contributed by atoms with van der Waals surface area (Å²) in [6.07, 6.45) is 2.22. The first-order valence-corrected chi connectivity index (χ1v) is 9.08. The molecular weight excluding hydrogens is 356 g/mol. The minimum absolute atomic E-state index is 0.645. The fraction of sp³-hybridized carbons (Fsp3) is 0.316. The smallest absolute Gasteiger partial charge is 0.212 e. The molecule has 0 radical (unpaired) electrons. The van der Waals surface area contributed by atoms with Gasteiger partial charge in [-0.3, -0.25) is 4.79 Å². The van der Waals surface area contributed by atoms with E-state index in [-0.39, 0.29) is 0 Å². The van der Waals surface area contributed by atoms with Gasteiger partial charge >= 0.3 is 0 Å². The number of aryl methyl sites for hydroxylation is 2. The molecule has 0 bridgehead atoms. The molecule has 0 aliphatic carbocycles. The van der Waals surface area contributed by atoms with Crippen LogP contribution in [-0.2, 0) is 4.79 Å². The van der Waals surface area contributed by atoms with Crippen LogP contribution < -0.4 is 21.1 Å². The summed E-state index contributed by atoms with van der Waals surface area (Å²) in [7, 11) is 0. The number of amidine groups is 2. The lowest BCUT2D eigenvalue weighted by atomic mass is 10.3. The van der Waals surface area contributed by atoms with Gasteiger partial charge < -0.3 is 11.1 Å². The van der Waals surface area contributed by atoms with E-state index in [4.69, 9.17) is 5.73 Å². The lowest BCUT2D eigenvalue weighted by molar-refractivity contribution is -0.108. The Hall–Kier alpha value is -3.49. The molecule has 1 amide bonds. The van der Waals surface area contributed by atoms with E-state index >= 15 is 0 Å². The molecule has 2 aromatic heterocycles. The van der Waals surface area contributed by atoms with Crippen LogP contribution in [0.2, 0.25) is 0 Å². The van der Waals surface area contributed by atoms with Crippen molar-refractivity contribution in [3.05, 3.63) is 47.8 Å². The predicted octanol–water partition coefficient (Wildman–Crippen LogP) is 1.53. The zero-order valence-corrected chi connectivity index (χ0v) is 16.0. The molecule has 4 rings (SSSR count). The second-order valence-corrected chi connectivity index (χ2v) is 6.42. The van der Waals surface area contributed by atoms with Crippen molar-refractivity contribution < 1.29 is 4.79 Å². The van der Waals surface area contributed by atoms with E-state index in [9.17, 15) is 4.79 Å². The maximum absolute atomic E-state index is 10.2. The Morgan fingerprint density at radius 2 is 1.50 bits per heavy atom. The molecule has 0 atom stereocenters. The highest BCUT2D eigenvalue weighted by molar-refractivity contribution is 5.92. The van der Waals surface area contributed by atoms with Gasteiger partial charge in [0.15, 0.2) is 0 Å². The third kappa shape index (κ3) is 5.03. The van der Waals surface area contributed by atoms with Gasteiger partial charge in [-0.15, -0.1) is 0 Å². The summed E-state index contributed by atoms with van der Waals surface area (Å²) in [5.41, 5.74) is 7.54. The first-order valence-electron chi connectivity index (χ1n) is 9.08. The van der Waals surface area contributed by atoms with Crippen LogP contribution in [0.3, 0.4) is 0 Å². The molecule has 0 unspecified atom stereocenters. The molecule has 3 N–H and O–H groups in total. The Labute approximate surface area is 164 Å². The minimum Gasteiger partial charge on any atom is -0.386 e. The molecule has 4 heterocycles. The Bertz CT molecular complexity index is 895. The molecular formula is C19H24N8O. The summed E-state index contributed by atoms with van der Waals surface area (Å²) in [5.74, 6) is 3.06. The van der Waals surface area contributed by atoms with Crippen molar-refractivity contribution >= 4 is 29.7 Å². The Morgan fingerprint density at radius 1 is 0.929 bits per heavy atom. The van der Waals surface area contributed by atoms with Crippen molar-refractivity contribution in [2.75, 3.05) is 23.1 Å². The maximum atomic E-state index is 10.2. The average Bonchev–Trinajstić information content (AvgIpc) is 3.32. The number of hydrazone groups is 2. The number of carbonyl (C=O) groups excluding carboxylic acids is 1. The molecule has 28 heavy (non-hydrogen) atoms. The van der Waals surface area contributed by atoms with E-state index in [0.717, 1.165) is 49.0 Å². The number of pyridine rings is 2. The monoisotopic (exact) mass is 380 g/mol. The van der Waals surface area contributed by atoms with Gasteiger partial charge in [-0.25, -0.2) is 20.0 Å². The van der Waals surface area contributed by atoms with Gasteiger partial charge in [-0.2, -0.15) is 10.2 Å². The number of nitrogens with zero attached hydrogens (tertiary/aromatic N) is 6. The number of rotatable bonds is 3. The van der Waals surface area contributed by atoms with Crippen molar-refractivity contribution in [1.82, 2.24) is 15.3 Å². The van der Waals surface area contributed by atoms with Gasteiger partial charge in [-0.1, -0.05) is 12.1 Å². The van der Waals surface area contributed by atoms with Gasteiger partial charge in [0.05, 0.1) is 13.1 Å². The van der Waals surface area contributed by atoms with Gasteiger partial charge in [0.1, 0.15) is 23.3 Å². The summed E-state index contributed by atoms with van der Waals surface area (Å²) in [6.45, 7) is 5.50. The number of anilines is 2. The quantitative estimate of drug-likeness (QED) is 0.781. The van der Waals surface area contributed by atoms with Crippen LogP contribution in [0.4, 0.5) is 11.6 Å². The van der Waals surface area contributed by atoms with Crippen LogP contribution in [0.15, 0.2) is 46.6 Å². The highest BCUT2D eigenvalue weighted by atomic mass is 16.1. The third-order valence-electron chi connectivity index (χ3n) is 4.13. The van der Waals surface area contributed by atoms with Crippen molar-refractivity contribution in [3.8, 4) is 0 Å². The summed E-state index contributed by atoms with van der Waals surface area (Å²) in [6, 6.07) is 11.7. The molecule has 9 heteroatoms. The van der Waals surface area contributed by atoms with E-state index in [0.29, 0.717) is 18.1 Å². The molecule has 0 fully saturated rings. The molecule has 146 valence electrons. The predicted molar refractivity (Wildman–Crippen MR) is 110 cm³/mol. The van der Waals surface area contributed by atoms with Crippen molar-refractivity contribution in [2.24, 2.45) is 15.9 Å². The largest absolute Gasteiger partial charge is 0.386 e. The molecule has 0 spiro atoms. The number of aromatic nitrogens is 2. The van der Waals surface area contributed by atoms with Crippen molar-refractivity contribution in [3.63, 3.8) is 0 Å². The molecule has 2 aromatic rings. The molecule has 0 aromatic carbocycles. The highest BCUT2D eigenvalue weighted by Crippen LogP contribution is 2.16. The normalized spacial score (nSPS) is 15.5. The molecule has 9 nitrogen and oxygen atoms in total. The first kappa shape index (κ1) is 19.3. The van der Waals surface area contributed by atoms with Crippen LogP contribution in [0.25, 0.3) is 0 Å². The average molecular weight is 380 g/mol. The van der Waals surface area contributed by atoms with Gasteiger partial charge in [-0.05, 0) is 38.1 Å². The summed E-state index contributed by atoms with van der Waals surface area (Å²) in [5, 5.41) is 14.6. The number of hydrogen-bond donors (Lipinski definition) is 2. The third-order valence-corrected chi connectivity index (χ3v) is 4.13. The van der Waals surface area contributed by atoms with E-state index in [1.54, 1.807) is 5.01 Å². The molecule has 0 saturated heterocycles. The zero-order chi connectivity index (χ0) is 19.9. The SMILES string of the molecule is Cc1cccc(N2CCC(N)=N2)n1.Cc1cccc(N2CCC(NC=O)=N2)n1. The first-order chi connectivity index (χ1) is 13.5. The van der Waals surface area contributed by atoms with Crippen LogP contribution >= 0.6 is 0 Å². The number of nitrogens with one attached hydrogen (secondary N) is 1. The van der Waals surface area contributed by atoms with Crippen LogP contribution in [0.5, 0.6) is 0 Å². The number of amides is 1. The van der Waals surface area contributed by atoms with Gasteiger partial charge in [0.2, 0.25) is 6.41 Å². The second-order valence-electron chi connectivity index (χ2n) is 6.42. The van der Waals surface area contributed by atoms with E-state index in [1.807, 2.05) is 55.3 Å². The van der Waals surface area contributed by atoms with Gasteiger partial charge in [0.25, 0.3) is 0 Å².